The van der Waals surface area contributed by atoms with Crippen molar-refractivity contribution in [2.45, 2.75) is 54.8 Å². The minimum absolute atomic E-state index is 0.0514. The van der Waals surface area contributed by atoms with Crippen LogP contribution in [0, 0.1) is 0 Å². The molecule has 2 aromatic rings. The highest BCUT2D eigenvalue weighted by Gasteiger charge is 2.46. The fourth-order valence-corrected chi connectivity index (χ4v) is 9.45. The summed E-state index contributed by atoms with van der Waals surface area (Å²) in [6.45, 7) is 6.41. The van der Waals surface area contributed by atoms with Crippen molar-refractivity contribution < 1.29 is 21.3 Å². The summed E-state index contributed by atoms with van der Waals surface area (Å²) in [6.07, 6.45) is 3.85. The molecule has 0 aliphatic carbocycles. The molecule has 2 aliphatic rings. The number of rotatable bonds is 8. The number of hydrogen-bond donors (Lipinski definition) is 1. The number of hydrogen-bond acceptors (Lipinski definition) is 7. The fourth-order valence-electron chi connectivity index (χ4n) is 4.74. The molecular formula is C23H32N2O5S2. The van der Waals surface area contributed by atoms with Crippen LogP contribution < -0.4 is 5.32 Å². The molecule has 4 rings (SSSR count). The molecule has 2 saturated heterocycles. The van der Waals surface area contributed by atoms with Crippen molar-refractivity contribution in [1.29, 1.82) is 0 Å². The standard InChI is InChI=1S/C23H32N2O5S2/c1-17(2)18-7-9-19(10-8-18)32(28,29)23-16-31(26,27)15-20(23)24-14-21(22-6-5-13-30-22)25-11-3-4-12-25/h5-10,13,17,20-21,23-24H,3-4,11-12,14-16H2,1-2H3/t20-,21?,23-/m0/s1. The zero-order valence-corrected chi connectivity index (χ0v) is 20.2. The smallest absolute Gasteiger partial charge is 0.183 e. The van der Waals surface area contributed by atoms with Gasteiger partial charge in [0.1, 0.15) is 5.76 Å². The topological polar surface area (TPSA) is 96.7 Å². The van der Waals surface area contributed by atoms with Crippen LogP contribution in [0.15, 0.2) is 52.0 Å². The molecule has 3 heterocycles. The minimum atomic E-state index is -3.80. The van der Waals surface area contributed by atoms with Crippen LogP contribution in [0.5, 0.6) is 0 Å². The van der Waals surface area contributed by atoms with E-state index in [4.69, 9.17) is 4.42 Å². The average molecular weight is 481 g/mol. The molecule has 2 aliphatic heterocycles. The van der Waals surface area contributed by atoms with E-state index in [1.165, 1.54) is 0 Å². The Morgan fingerprint density at radius 2 is 1.78 bits per heavy atom. The summed E-state index contributed by atoms with van der Waals surface area (Å²) >= 11 is 0. The first-order chi connectivity index (χ1) is 15.2. The molecule has 3 atom stereocenters. The van der Waals surface area contributed by atoms with E-state index >= 15 is 0 Å². The van der Waals surface area contributed by atoms with Gasteiger partial charge in [-0.2, -0.15) is 0 Å². The number of sulfone groups is 2. The lowest BCUT2D eigenvalue weighted by Crippen LogP contribution is -2.46. The molecule has 1 aromatic heterocycles. The monoisotopic (exact) mass is 480 g/mol. The maximum absolute atomic E-state index is 13.4. The molecule has 7 nitrogen and oxygen atoms in total. The van der Waals surface area contributed by atoms with Gasteiger partial charge in [0.15, 0.2) is 19.7 Å². The van der Waals surface area contributed by atoms with Gasteiger partial charge in [-0.1, -0.05) is 26.0 Å². The first-order valence-corrected chi connectivity index (χ1v) is 14.6. The van der Waals surface area contributed by atoms with Crippen molar-refractivity contribution in [3.8, 4) is 0 Å². The molecule has 1 N–H and O–H groups in total. The van der Waals surface area contributed by atoms with Gasteiger partial charge in [0, 0.05) is 12.6 Å². The van der Waals surface area contributed by atoms with Crippen LogP contribution in [0.2, 0.25) is 0 Å². The molecule has 0 amide bonds. The largest absolute Gasteiger partial charge is 0.468 e. The van der Waals surface area contributed by atoms with Crippen LogP contribution in [0.3, 0.4) is 0 Å². The van der Waals surface area contributed by atoms with Crippen LogP contribution in [0.4, 0.5) is 0 Å². The van der Waals surface area contributed by atoms with Gasteiger partial charge in [-0.25, -0.2) is 16.8 Å². The van der Waals surface area contributed by atoms with Gasteiger partial charge in [0.25, 0.3) is 0 Å². The number of nitrogens with one attached hydrogen (secondary N) is 1. The lowest BCUT2D eigenvalue weighted by Gasteiger charge is -2.28. The quantitative estimate of drug-likeness (QED) is 0.620. The van der Waals surface area contributed by atoms with Gasteiger partial charge in [-0.3, -0.25) is 4.90 Å². The molecule has 0 saturated carbocycles. The van der Waals surface area contributed by atoms with E-state index in [2.05, 4.69) is 10.2 Å². The molecule has 32 heavy (non-hydrogen) atoms. The Morgan fingerprint density at radius 1 is 1.09 bits per heavy atom. The summed E-state index contributed by atoms with van der Waals surface area (Å²) in [5, 5.41) is 2.29. The van der Waals surface area contributed by atoms with Gasteiger partial charge in [0.2, 0.25) is 0 Å². The van der Waals surface area contributed by atoms with Gasteiger partial charge < -0.3 is 9.73 Å². The molecule has 1 aromatic carbocycles. The highest BCUT2D eigenvalue weighted by atomic mass is 32.2. The molecule has 176 valence electrons. The van der Waals surface area contributed by atoms with Crippen LogP contribution in [-0.4, -0.2) is 64.2 Å². The third-order valence-electron chi connectivity index (χ3n) is 6.60. The molecule has 1 unspecified atom stereocenters. The maximum Gasteiger partial charge on any atom is 0.183 e. The third-order valence-corrected chi connectivity index (χ3v) is 10.8. The van der Waals surface area contributed by atoms with E-state index in [1.54, 1.807) is 18.4 Å². The summed E-state index contributed by atoms with van der Waals surface area (Å²) in [5.41, 5.74) is 1.05. The van der Waals surface area contributed by atoms with E-state index in [0.29, 0.717) is 6.54 Å². The summed E-state index contributed by atoms with van der Waals surface area (Å²) in [7, 11) is -7.26. The average Bonchev–Trinajstić information content (AvgIpc) is 3.50. The highest BCUT2D eigenvalue weighted by Crippen LogP contribution is 2.29. The van der Waals surface area contributed by atoms with Crippen molar-refractivity contribution in [2.24, 2.45) is 0 Å². The second-order valence-corrected chi connectivity index (χ2v) is 13.5. The summed E-state index contributed by atoms with van der Waals surface area (Å²) in [6, 6.07) is 9.87. The van der Waals surface area contributed by atoms with Crippen molar-refractivity contribution in [3.05, 3.63) is 54.0 Å². The lowest BCUT2D eigenvalue weighted by molar-refractivity contribution is 0.206. The first kappa shape index (κ1) is 23.5. The number of likely N-dealkylation sites (tertiary alicyclic amines) is 1. The molecule has 0 radical (unpaired) electrons. The van der Waals surface area contributed by atoms with E-state index in [-0.39, 0.29) is 28.4 Å². The van der Waals surface area contributed by atoms with Crippen molar-refractivity contribution in [2.75, 3.05) is 31.1 Å². The Kier molecular flexibility index (Phi) is 6.81. The van der Waals surface area contributed by atoms with E-state index in [0.717, 1.165) is 37.3 Å². The SMILES string of the molecule is CC(C)c1ccc(S(=O)(=O)[C@H]2CS(=O)(=O)C[C@@H]2NCC(c2ccco2)N2CCCC2)cc1. The van der Waals surface area contributed by atoms with E-state index in [9.17, 15) is 16.8 Å². The Balaban J connectivity index is 1.55. The maximum atomic E-state index is 13.4. The number of nitrogens with zero attached hydrogens (tertiary/aromatic N) is 1. The zero-order chi connectivity index (χ0) is 22.9. The molecule has 0 spiro atoms. The predicted octanol–water partition coefficient (Wildman–Crippen LogP) is 2.77. The normalized spacial score (nSPS) is 24.8. The Morgan fingerprint density at radius 3 is 2.38 bits per heavy atom. The second kappa shape index (κ2) is 9.29. The molecule has 2 fully saturated rings. The van der Waals surface area contributed by atoms with Crippen molar-refractivity contribution >= 4 is 19.7 Å². The minimum Gasteiger partial charge on any atom is -0.468 e. The molecular weight excluding hydrogens is 448 g/mol. The first-order valence-electron chi connectivity index (χ1n) is 11.2. The van der Waals surface area contributed by atoms with Gasteiger partial charge in [-0.05, 0) is 61.7 Å². The fraction of sp³-hybridized carbons (Fsp3) is 0.565. The molecule has 0 bridgehead atoms. The lowest BCUT2D eigenvalue weighted by atomic mass is 10.0. The van der Waals surface area contributed by atoms with Gasteiger partial charge in [0.05, 0.1) is 34.0 Å². The Bertz CT molecular complexity index is 1100. The number of furan rings is 1. The van der Waals surface area contributed by atoms with Gasteiger partial charge in [-0.15, -0.1) is 0 Å². The van der Waals surface area contributed by atoms with Crippen LogP contribution in [-0.2, 0) is 19.7 Å². The van der Waals surface area contributed by atoms with Crippen LogP contribution >= 0.6 is 0 Å². The third kappa shape index (κ3) is 4.95. The van der Waals surface area contributed by atoms with Crippen molar-refractivity contribution in [1.82, 2.24) is 10.2 Å². The van der Waals surface area contributed by atoms with Gasteiger partial charge >= 0.3 is 0 Å². The van der Waals surface area contributed by atoms with Crippen molar-refractivity contribution in [3.63, 3.8) is 0 Å². The molecule has 9 heteroatoms. The number of benzene rings is 1. The second-order valence-electron chi connectivity index (χ2n) is 9.17. The summed E-state index contributed by atoms with van der Waals surface area (Å²) in [4.78, 5) is 2.49. The summed E-state index contributed by atoms with van der Waals surface area (Å²) < 4.78 is 57.4. The zero-order valence-electron chi connectivity index (χ0n) is 18.6. The Hall–Kier alpha value is -1.68. The van der Waals surface area contributed by atoms with E-state index < -0.39 is 31.0 Å². The predicted molar refractivity (Wildman–Crippen MR) is 124 cm³/mol. The Labute approximate surface area is 191 Å². The highest BCUT2D eigenvalue weighted by molar-refractivity contribution is 7.96. The van der Waals surface area contributed by atoms with Crippen LogP contribution in [0.1, 0.15) is 50.0 Å². The summed E-state index contributed by atoms with van der Waals surface area (Å²) in [5.74, 6) is 0.570. The van der Waals surface area contributed by atoms with E-state index in [1.807, 2.05) is 38.1 Å². The van der Waals surface area contributed by atoms with Crippen LogP contribution in [0.25, 0.3) is 0 Å².